The van der Waals surface area contributed by atoms with Gasteiger partial charge < -0.3 is 4.98 Å². The molecule has 1 aliphatic rings. The van der Waals surface area contributed by atoms with Crippen LogP contribution in [0.15, 0.2) is 36.8 Å². The van der Waals surface area contributed by atoms with Crippen LogP contribution in [0.3, 0.4) is 0 Å². The molecule has 1 N–H and O–H groups in total. The van der Waals surface area contributed by atoms with Crippen LogP contribution in [0.5, 0.6) is 0 Å². The van der Waals surface area contributed by atoms with Crippen molar-refractivity contribution in [2.75, 3.05) is 18.8 Å². The highest BCUT2D eigenvalue weighted by atomic mass is 32.2. The summed E-state index contributed by atoms with van der Waals surface area (Å²) in [5.74, 6) is -0.497. The maximum absolute atomic E-state index is 12.2. The van der Waals surface area contributed by atoms with Gasteiger partial charge in [0.25, 0.3) is 0 Å². The normalized spacial score (nSPS) is 16.0. The second kappa shape index (κ2) is 5.95. The predicted octanol–water partition coefficient (Wildman–Crippen LogP) is 2.05. The zero-order valence-corrected chi connectivity index (χ0v) is 14.1. The van der Waals surface area contributed by atoms with Crippen LogP contribution in [-0.4, -0.2) is 46.5 Å². The van der Waals surface area contributed by atoms with Crippen molar-refractivity contribution in [2.45, 2.75) is 6.42 Å². The van der Waals surface area contributed by atoms with Crippen molar-refractivity contribution in [2.24, 2.45) is 0 Å². The first-order valence-corrected chi connectivity index (χ1v) is 9.46. The maximum atomic E-state index is 12.2. The summed E-state index contributed by atoms with van der Waals surface area (Å²) < 4.78 is 25.9. The van der Waals surface area contributed by atoms with Gasteiger partial charge in [0.1, 0.15) is 5.65 Å². The fourth-order valence-electron chi connectivity index (χ4n) is 3.24. The zero-order chi connectivity index (χ0) is 17.4. The highest BCUT2D eigenvalue weighted by Crippen LogP contribution is 2.31. The van der Waals surface area contributed by atoms with Gasteiger partial charge in [-0.2, -0.15) is 9.57 Å². The number of nitrogens with zero attached hydrogens (tertiary/aromatic N) is 4. The van der Waals surface area contributed by atoms with Crippen molar-refractivity contribution in [3.8, 4) is 6.07 Å². The van der Waals surface area contributed by atoms with Crippen LogP contribution >= 0.6 is 0 Å². The molecule has 4 heterocycles. The largest absolute Gasteiger partial charge is 0.346 e. The van der Waals surface area contributed by atoms with E-state index in [2.05, 4.69) is 21.0 Å². The van der Waals surface area contributed by atoms with E-state index >= 15 is 0 Å². The molecule has 0 saturated heterocycles. The fourth-order valence-corrected chi connectivity index (χ4v) is 4.31. The Balaban J connectivity index is 1.84. The summed E-state index contributed by atoms with van der Waals surface area (Å²) in [6.45, 7) is 0.662. The van der Waals surface area contributed by atoms with Gasteiger partial charge in [-0.05, 0) is 29.7 Å². The summed E-state index contributed by atoms with van der Waals surface area (Å²) in [5, 5.41) is 10.7. The van der Waals surface area contributed by atoms with E-state index in [4.69, 9.17) is 5.26 Å². The number of hydrogen-bond acceptors (Lipinski definition) is 5. The highest BCUT2D eigenvalue weighted by molar-refractivity contribution is 7.89. The van der Waals surface area contributed by atoms with Gasteiger partial charge in [0.15, 0.2) is 5.75 Å². The molecule has 0 aliphatic carbocycles. The second-order valence-corrected chi connectivity index (χ2v) is 7.85. The van der Waals surface area contributed by atoms with Gasteiger partial charge >= 0.3 is 0 Å². The summed E-state index contributed by atoms with van der Waals surface area (Å²) >= 11 is 0. The van der Waals surface area contributed by atoms with Crippen molar-refractivity contribution >= 4 is 37.5 Å². The van der Waals surface area contributed by atoms with Gasteiger partial charge in [-0.3, -0.25) is 4.98 Å². The fraction of sp³-hybridized carbons (Fsp3) is 0.235. The summed E-state index contributed by atoms with van der Waals surface area (Å²) in [6, 6.07) is 5.59. The van der Waals surface area contributed by atoms with E-state index in [0.29, 0.717) is 13.0 Å². The molecule has 0 saturated carbocycles. The molecule has 3 aromatic rings. The number of nitriles is 1. The molecule has 0 fully saturated rings. The SMILES string of the molecule is N#CCS(=O)(=O)N1CCC=C(c2ccnc3cnc4[nH]ccc4c23)C1. The number of fused-ring (bicyclic) bond motifs is 3. The van der Waals surface area contributed by atoms with Crippen LogP contribution in [0.4, 0.5) is 0 Å². The van der Waals surface area contributed by atoms with Crippen molar-refractivity contribution in [3.63, 3.8) is 0 Å². The summed E-state index contributed by atoms with van der Waals surface area (Å²) in [5.41, 5.74) is 3.41. The lowest BCUT2D eigenvalue weighted by Crippen LogP contribution is -2.36. The van der Waals surface area contributed by atoms with Crippen molar-refractivity contribution in [1.29, 1.82) is 5.26 Å². The smallest absolute Gasteiger partial charge is 0.227 e. The molecule has 4 rings (SSSR count). The Kier molecular flexibility index (Phi) is 3.75. The average molecular weight is 353 g/mol. The molecule has 3 aromatic heterocycles. The first-order chi connectivity index (χ1) is 12.1. The van der Waals surface area contributed by atoms with Crippen LogP contribution in [0.1, 0.15) is 12.0 Å². The molecule has 25 heavy (non-hydrogen) atoms. The molecule has 1 aliphatic heterocycles. The van der Waals surface area contributed by atoms with Crippen LogP contribution in [0, 0.1) is 11.3 Å². The lowest BCUT2D eigenvalue weighted by molar-refractivity contribution is 0.446. The third kappa shape index (κ3) is 2.67. The molecule has 0 unspecified atom stereocenters. The van der Waals surface area contributed by atoms with E-state index in [1.807, 2.05) is 18.3 Å². The quantitative estimate of drug-likeness (QED) is 0.776. The van der Waals surface area contributed by atoms with Gasteiger partial charge in [-0.15, -0.1) is 0 Å². The van der Waals surface area contributed by atoms with Crippen molar-refractivity contribution in [3.05, 3.63) is 42.4 Å². The number of hydrogen-bond donors (Lipinski definition) is 1. The van der Waals surface area contributed by atoms with E-state index < -0.39 is 15.8 Å². The summed E-state index contributed by atoms with van der Waals surface area (Å²) in [4.78, 5) is 11.8. The molecular formula is C17H15N5O2S. The third-order valence-electron chi connectivity index (χ3n) is 4.39. The lowest BCUT2D eigenvalue weighted by Gasteiger charge is -2.26. The van der Waals surface area contributed by atoms with E-state index in [1.54, 1.807) is 18.5 Å². The highest BCUT2D eigenvalue weighted by Gasteiger charge is 2.26. The number of rotatable bonds is 3. The Labute approximate surface area is 144 Å². The van der Waals surface area contributed by atoms with Gasteiger partial charge in [0.2, 0.25) is 10.0 Å². The standard InChI is InChI=1S/C17H15N5O2S/c18-5-9-25(23,24)22-8-1-2-12(11-22)13-3-6-19-15-10-21-17-14(16(13)15)4-7-20-17/h2-4,6-7,10H,1,8-9,11H2,(H,20,21). The molecule has 0 radical (unpaired) electrons. The first kappa shape index (κ1) is 15.7. The van der Waals surface area contributed by atoms with Gasteiger partial charge in [-0.1, -0.05) is 6.08 Å². The Morgan fingerprint density at radius 1 is 1.32 bits per heavy atom. The van der Waals surface area contributed by atoms with Crippen LogP contribution < -0.4 is 0 Å². The monoisotopic (exact) mass is 353 g/mol. The minimum absolute atomic E-state index is 0.261. The Bertz CT molecular complexity index is 1140. The zero-order valence-electron chi connectivity index (χ0n) is 13.3. The Morgan fingerprint density at radius 3 is 3.04 bits per heavy atom. The van der Waals surface area contributed by atoms with Crippen LogP contribution in [0.2, 0.25) is 0 Å². The molecule has 7 nitrogen and oxygen atoms in total. The van der Waals surface area contributed by atoms with Gasteiger partial charge in [0, 0.05) is 36.3 Å². The topological polar surface area (TPSA) is 103 Å². The van der Waals surface area contributed by atoms with E-state index in [9.17, 15) is 8.42 Å². The molecule has 8 heteroatoms. The Morgan fingerprint density at radius 2 is 2.20 bits per heavy atom. The second-order valence-electron chi connectivity index (χ2n) is 5.88. The summed E-state index contributed by atoms with van der Waals surface area (Å²) in [7, 11) is -3.56. The van der Waals surface area contributed by atoms with Crippen molar-refractivity contribution in [1.82, 2.24) is 19.3 Å². The molecule has 0 aromatic carbocycles. The van der Waals surface area contributed by atoms with E-state index in [-0.39, 0.29) is 6.54 Å². The number of sulfonamides is 1. The molecule has 126 valence electrons. The molecule has 0 atom stereocenters. The number of pyridine rings is 2. The molecule has 0 spiro atoms. The van der Waals surface area contributed by atoms with Gasteiger partial charge in [0.05, 0.1) is 17.8 Å². The minimum Gasteiger partial charge on any atom is -0.346 e. The number of nitrogens with one attached hydrogen (secondary N) is 1. The van der Waals surface area contributed by atoms with Crippen LogP contribution in [0.25, 0.3) is 27.5 Å². The van der Waals surface area contributed by atoms with Gasteiger partial charge in [-0.25, -0.2) is 13.4 Å². The van der Waals surface area contributed by atoms with E-state index in [0.717, 1.165) is 33.1 Å². The first-order valence-electron chi connectivity index (χ1n) is 7.85. The third-order valence-corrected chi connectivity index (χ3v) is 5.99. The number of aromatic amines is 1. The predicted molar refractivity (Wildman–Crippen MR) is 95.0 cm³/mol. The van der Waals surface area contributed by atoms with E-state index in [1.165, 1.54) is 4.31 Å². The average Bonchev–Trinajstić information content (AvgIpc) is 3.10. The molecule has 0 amide bonds. The van der Waals surface area contributed by atoms with Crippen molar-refractivity contribution < 1.29 is 8.42 Å². The lowest BCUT2D eigenvalue weighted by atomic mass is 9.98. The molecule has 0 bridgehead atoms. The minimum atomic E-state index is -3.56. The Hall–Kier alpha value is -2.76. The molecular weight excluding hydrogens is 338 g/mol. The maximum Gasteiger partial charge on any atom is 0.227 e. The van der Waals surface area contributed by atoms with Crippen LogP contribution in [-0.2, 0) is 10.0 Å². The summed E-state index contributed by atoms with van der Waals surface area (Å²) in [6.07, 6.45) is 7.93. The number of aromatic nitrogens is 3. The number of H-pyrrole nitrogens is 1.